The molecule has 0 radical (unpaired) electrons. The molecule has 4 aromatic rings. The van der Waals surface area contributed by atoms with Crippen molar-refractivity contribution in [1.82, 2.24) is 14.8 Å². The number of Topliss-reactive ketones (excluding diaryl/α,β-unsaturated/α-hetero) is 1. The van der Waals surface area contributed by atoms with Crippen LogP contribution in [0.25, 0.3) is 11.4 Å². The Morgan fingerprint density at radius 3 is 2.33 bits per heavy atom. The molecule has 7 heteroatoms. The van der Waals surface area contributed by atoms with Gasteiger partial charge in [0.15, 0.2) is 16.8 Å². The van der Waals surface area contributed by atoms with Crippen LogP contribution < -0.4 is 0 Å². The predicted molar refractivity (Wildman–Crippen MR) is 117 cm³/mol. The molecule has 4 nitrogen and oxygen atoms in total. The SMILES string of the molecule is O=C(CSc1nnc(-c2ccc(F)cc2)n1Cc1ccccc1)c1ccc(Cl)cc1. The number of thioether (sulfide) groups is 1. The van der Waals surface area contributed by atoms with E-state index in [1.54, 1.807) is 36.4 Å². The number of aromatic nitrogens is 3. The lowest BCUT2D eigenvalue weighted by Gasteiger charge is -2.10. The van der Waals surface area contributed by atoms with E-state index >= 15 is 0 Å². The second kappa shape index (κ2) is 9.24. The molecular weight excluding hydrogens is 421 g/mol. The highest BCUT2D eigenvalue weighted by Crippen LogP contribution is 2.26. The summed E-state index contributed by atoms with van der Waals surface area (Å²) in [6, 6.07) is 22.9. The van der Waals surface area contributed by atoms with Crippen molar-refractivity contribution in [3.63, 3.8) is 0 Å². The Balaban J connectivity index is 1.61. The summed E-state index contributed by atoms with van der Waals surface area (Å²) in [5.41, 5.74) is 2.43. The largest absolute Gasteiger partial charge is 0.298 e. The first kappa shape index (κ1) is 20.3. The molecule has 4 rings (SSSR count). The summed E-state index contributed by atoms with van der Waals surface area (Å²) in [4.78, 5) is 12.6. The van der Waals surface area contributed by atoms with Crippen molar-refractivity contribution in [2.75, 3.05) is 5.75 Å². The van der Waals surface area contributed by atoms with Crippen LogP contribution in [0.3, 0.4) is 0 Å². The Morgan fingerprint density at radius 1 is 0.933 bits per heavy atom. The van der Waals surface area contributed by atoms with Crippen LogP contribution in [0.5, 0.6) is 0 Å². The number of halogens is 2. The first-order chi connectivity index (χ1) is 14.6. The van der Waals surface area contributed by atoms with E-state index in [1.807, 2.05) is 34.9 Å². The average molecular weight is 438 g/mol. The van der Waals surface area contributed by atoms with Crippen LogP contribution in [0.2, 0.25) is 5.02 Å². The smallest absolute Gasteiger partial charge is 0.192 e. The Kier molecular flexibility index (Phi) is 6.26. The number of hydrogen-bond donors (Lipinski definition) is 0. The highest BCUT2D eigenvalue weighted by atomic mass is 35.5. The van der Waals surface area contributed by atoms with Crippen molar-refractivity contribution in [3.05, 3.63) is 101 Å². The molecule has 0 spiro atoms. The third-order valence-electron chi connectivity index (χ3n) is 4.50. The van der Waals surface area contributed by atoms with Crippen molar-refractivity contribution in [2.24, 2.45) is 0 Å². The van der Waals surface area contributed by atoms with Gasteiger partial charge in [-0.2, -0.15) is 0 Å². The Bertz CT molecular complexity index is 1150. The summed E-state index contributed by atoms with van der Waals surface area (Å²) in [6.07, 6.45) is 0. The predicted octanol–water partition coefficient (Wildman–Crippen LogP) is 5.76. The molecule has 0 saturated carbocycles. The molecule has 0 aliphatic heterocycles. The first-order valence-corrected chi connectivity index (χ1v) is 10.6. The monoisotopic (exact) mass is 437 g/mol. The minimum atomic E-state index is -0.309. The molecule has 1 aromatic heterocycles. The van der Waals surface area contributed by atoms with E-state index in [1.165, 1.54) is 23.9 Å². The fourth-order valence-electron chi connectivity index (χ4n) is 2.97. The van der Waals surface area contributed by atoms with E-state index in [2.05, 4.69) is 10.2 Å². The number of carbonyl (C=O) groups excluding carboxylic acids is 1. The van der Waals surface area contributed by atoms with Gasteiger partial charge in [-0.05, 0) is 54.1 Å². The maximum absolute atomic E-state index is 13.4. The molecule has 0 bridgehead atoms. The van der Waals surface area contributed by atoms with Crippen LogP contribution in [0, 0.1) is 5.82 Å². The second-order valence-corrected chi connectivity index (χ2v) is 7.98. The zero-order valence-corrected chi connectivity index (χ0v) is 17.4. The van der Waals surface area contributed by atoms with Crippen LogP contribution in [0.4, 0.5) is 4.39 Å². The van der Waals surface area contributed by atoms with Crippen molar-refractivity contribution in [1.29, 1.82) is 0 Å². The van der Waals surface area contributed by atoms with E-state index in [4.69, 9.17) is 11.6 Å². The molecule has 150 valence electrons. The van der Waals surface area contributed by atoms with Crippen LogP contribution in [0.1, 0.15) is 15.9 Å². The van der Waals surface area contributed by atoms with Crippen LogP contribution in [-0.4, -0.2) is 26.3 Å². The molecule has 0 unspecified atom stereocenters. The second-order valence-electron chi connectivity index (χ2n) is 6.60. The van der Waals surface area contributed by atoms with E-state index < -0.39 is 0 Å². The molecule has 0 amide bonds. The van der Waals surface area contributed by atoms with E-state index in [9.17, 15) is 9.18 Å². The summed E-state index contributed by atoms with van der Waals surface area (Å²) < 4.78 is 15.3. The minimum Gasteiger partial charge on any atom is -0.298 e. The molecular formula is C23H17ClFN3OS. The molecule has 0 saturated heterocycles. The van der Waals surface area contributed by atoms with Crippen molar-refractivity contribution in [3.8, 4) is 11.4 Å². The van der Waals surface area contributed by atoms with Gasteiger partial charge < -0.3 is 0 Å². The number of benzene rings is 3. The quantitative estimate of drug-likeness (QED) is 0.272. The van der Waals surface area contributed by atoms with E-state index in [-0.39, 0.29) is 17.4 Å². The maximum Gasteiger partial charge on any atom is 0.192 e. The molecule has 0 fully saturated rings. The van der Waals surface area contributed by atoms with E-state index in [0.717, 1.165) is 11.1 Å². The fraction of sp³-hybridized carbons (Fsp3) is 0.0870. The van der Waals surface area contributed by atoms with Gasteiger partial charge in [-0.1, -0.05) is 53.7 Å². The number of hydrogen-bond acceptors (Lipinski definition) is 4. The summed E-state index contributed by atoms with van der Waals surface area (Å²) in [6.45, 7) is 0.540. The Hall–Kier alpha value is -2.96. The highest BCUT2D eigenvalue weighted by molar-refractivity contribution is 7.99. The number of nitrogens with zero attached hydrogens (tertiary/aromatic N) is 3. The Morgan fingerprint density at radius 2 is 1.63 bits per heavy atom. The molecule has 1 heterocycles. The van der Waals surface area contributed by atoms with Crippen molar-refractivity contribution >= 4 is 29.1 Å². The lowest BCUT2D eigenvalue weighted by atomic mass is 10.1. The van der Waals surface area contributed by atoms with Crippen molar-refractivity contribution < 1.29 is 9.18 Å². The zero-order valence-electron chi connectivity index (χ0n) is 15.8. The molecule has 3 aromatic carbocycles. The van der Waals surface area contributed by atoms with Crippen molar-refractivity contribution in [2.45, 2.75) is 11.7 Å². The van der Waals surface area contributed by atoms with Gasteiger partial charge in [0.25, 0.3) is 0 Å². The molecule has 30 heavy (non-hydrogen) atoms. The summed E-state index contributed by atoms with van der Waals surface area (Å²) in [5.74, 6) is 0.517. The van der Waals surface area contributed by atoms with E-state index in [0.29, 0.717) is 28.1 Å². The number of ketones is 1. The summed E-state index contributed by atoms with van der Waals surface area (Å²) in [7, 11) is 0. The average Bonchev–Trinajstić information content (AvgIpc) is 3.16. The third kappa shape index (κ3) is 4.78. The first-order valence-electron chi connectivity index (χ1n) is 9.25. The lowest BCUT2D eigenvalue weighted by molar-refractivity contribution is 0.102. The number of rotatable bonds is 7. The zero-order chi connectivity index (χ0) is 20.9. The van der Waals surface area contributed by atoms with Gasteiger partial charge in [-0.25, -0.2) is 4.39 Å². The number of carbonyl (C=O) groups is 1. The lowest BCUT2D eigenvalue weighted by Crippen LogP contribution is -2.07. The van der Waals surface area contributed by atoms with Gasteiger partial charge in [-0.3, -0.25) is 9.36 Å². The van der Waals surface area contributed by atoms with Gasteiger partial charge in [0.1, 0.15) is 5.82 Å². The Labute approximate surface area is 182 Å². The van der Waals surface area contributed by atoms with Gasteiger partial charge >= 0.3 is 0 Å². The highest BCUT2D eigenvalue weighted by Gasteiger charge is 2.17. The van der Waals surface area contributed by atoms with Gasteiger partial charge in [-0.15, -0.1) is 10.2 Å². The van der Waals surface area contributed by atoms with Crippen LogP contribution in [0.15, 0.2) is 84.0 Å². The third-order valence-corrected chi connectivity index (χ3v) is 5.72. The van der Waals surface area contributed by atoms with Crippen LogP contribution in [-0.2, 0) is 6.54 Å². The summed E-state index contributed by atoms with van der Waals surface area (Å²) in [5, 5.41) is 9.83. The van der Waals surface area contributed by atoms with Gasteiger partial charge in [0, 0.05) is 16.1 Å². The normalized spacial score (nSPS) is 10.9. The standard InChI is InChI=1S/C23H17ClFN3OS/c24-19-10-6-17(7-11-19)21(29)15-30-23-27-26-22(18-8-12-20(25)13-9-18)28(23)14-16-4-2-1-3-5-16/h1-13H,14-15H2. The molecule has 0 aliphatic rings. The van der Waals surface area contributed by atoms with Gasteiger partial charge in [0.2, 0.25) is 0 Å². The maximum atomic E-state index is 13.4. The molecule has 0 aliphatic carbocycles. The molecule has 0 N–H and O–H groups in total. The minimum absolute atomic E-state index is 0.0192. The van der Waals surface area contributed by atoms with Gasteiger partial charge in [0.05, 0.1) is 12.3 Å². The van der Waals surface area contributed by atoms with Crippen LogP contribution >= 0.6 is 23.4 Å². The fourth-order valence-corrected chi connectivity index (χ4v) is 3.92. The topological polar surface area (TPSA) is 47.8 Å². The summed E-state index contributed by atoms with van der Waals surface area (Å²) >= 11 is 7.22. The molecule has 0 atom stereocenters.